The maximum Gasteiger partial charge on any atom is 0.252 e. The number of rotatable bonds is 5. The van der Waals surface area contributed by atoms with E-state index in [1.165, 1.54) is 41.3 Å². The van der Waals surface area contributed by atoms with Crippen LogP contribution in [0.3, 0.4) is 0 Å². The van der Waals surface area contributed by atoms with Crippen molar-refractivity contribution in [2.24, 2.45) is 10.4 Å². The smallest absolute Gasteiger partial charge is 0.252 e. The molecule has 2 fully saturated rings. The first-order valence-electron chi connectivity index (χ1n) is 8.91. The Morgan fingerprint density at radius 1 is 1.36 bits per heavy atom. The van der Waals surface area contributed by atoms with Crippen molar-refractivity contribution in [3.05, 3.63) is 17.0 Å². The molecule has 0 aromatic carbocycles. The lowest BCUT2D eigenvalue weighted by molar-refractivity contribution is 0.151. The van der Waals surface area contributed by atoms with Crippen LogP contribution in [0.1, 0.15) is 37.5 Å². The summed E-state index contributed by atoms with van der Waals surface area (Å²) in [7, 11) is -0.244. The van der Waals surface area contributed by atoms with Gasteiger partial charge in [-0.15, -0.1) is 11.3 Å². The molecule has 140 valence electrons. The first-order chi connectivity index (χ1) is 11.9. The molecule has 1 spiro atoms. The Bertz CT molecular complexity index is 736. The minimum absolute atomic E-state index is 0.377. The number of thiophene rings is 1. The molecule has 8 heteroatoms. The highest BCUT2D eigenvalue weighted by Gasteiger charge is 2.43. The van der Waals surface area contributed by atoms with Gasteiger partial charge in [-0.25, -0.2) is 17.7 Å². The van der Waals surface area contributed by atoms with Crippen LogP contribution in [-0.4, -0.2) is 57.3 Å². The van der Waals surface area contributed by atoms with Crippen LogP contribution in [0.5, 0.6) is 0 Å². The van der Waals surface area contributed by atoms with Crippen LogP contribution in [0.2, 0.25) is 0 Å². The van der Waals surface area contributed by atoms with Crippen molar-refractivity contribution in [2.75, 3.05) is 33.7 Å². The second-order valence-electron chi connectivity index (χ2n) is 7.20. The molecule has 1 aromatic rings. The highest BCUT2D eigenvalue weighted by Crippen LogP contribution is 2.47. The van der Waals surface area contributed by atoms with Crippen molar-refractivity contribution in [2.45, 2.75) is 43.4 Å². The number of aliphatic imine (C=N–C) groups is 1. The fourth-order valence-corrected chi connectivity index (χ4v) is 5.99. The zero-order valence-corrected chi connectivity index (χ0v) is 16.9. The van der Waals surface area contributed by atoms with Crippen molar-refractivity contribution in [1.29, 1.82) is 0 Å². The summed E-state index contributed by atoms with van der Waals surface area (Å²) < 4.78 is 26.0. The number of nitrogens with one attached hydrogen (secondary N) is 1. The first-order valence-corrected chi connectivity index (χ1v) is 11.2. The van der Waals surface area contributed by atoms with Gasteiger partial charge in [-0.05, 0) is 43.7 Å². The standard InChI is InChI=1S/C17H28N4O2S2/c1-4-18-16(21-11-10-17(13-21)8-5-9-17)19-12-14-6-7-15(24-14)25(22,23)20(2)3/h6-7H,4-5,8-13H2,1-3H3,(H,18,19). The molecule has 3 rings (SSSR count). The van der Waals surface area contributed by atoms with Crippen LogP contribution in [0.4, 0.5) is 0 Å². The molecule has 0 unspecified atom stereocenters. The van der Waals surface area contributed by atoms with E-state index in [1.807, 2.05) is 6.07 Å². The van der Waals surface area contributed by atoms with Gasteiger partial charge in [0.05, 0.1) is 6.54 Å². The van der Waals surface area contributed by atoms with Crippen LogP contribution in [-0.2, 0) is 16.6 Å². The summed E-state index contributed by atoms with van der Waals surface area (Å²) in [5.41, 5.74) is 0.534. The lowest BCUT2D eigenvalue weighted by Gasteiger charge is -2.38. The zero-order valence-electron chi connectivity index (χ0n) is 15.3. The third kappa shape index (κ3) is 3.85. The Morgan fingerprint density at radius 2 is 2.12 bits per heavy atom. The minimum Gasteiger partial charge on any atom is -0.357 e. The number of guanidine groups is 1. The quantitative estimate of drug-likeness (QED) is 0.625. The highest BCUT2D eigenvalue weighted by molar-refractivity contribution is 7.91. The van der Waals surface area contributed by atoms with Crippen molar-refractivity contribution in [3.8, 4) is 0 Å². The predicted molar refractivity (Wildman–Crippen MR) is 102 cm³/mol. The van der Waals surface area contributed by atoms with Gasteiger partial charge in [0, 0.05) is 38.6 Å². The number of nitrogens with zero attached hydrogens (tertiary/aromatic N) is 3. The molecule has 0 atom stereocenters. The Kier molecular flexibility index (Phi) is 5.41. The first kappa shape index (κ1) is 18.7. The Balaban J connectivity index is 1.69. The lowest BCUT2D eigenvalue weighted by atomic mass is 9.68. The number of sulfonamides is 1. The SMILES string of the molecule is CCNC(=NCc1ccc(S(=O)(=O)N(C)C)s1)N1CCC2(CCC2)C1. The minimum atomic E-state index is -3.35. The molecule has 0 bridgehead atoms. The third-order valence-corrected chi connectivity index (χ3v) is 8.60. The van der Waals surface area contributed by atoms with Crippen LogP contribution < -0.4 is 5.32 Å². The van der Waals surface area contributed by atoms with Gasteiger partial charge in [0.25, 0.3) is 10.0 Å². The molecule has 0 radical (unpaired) electrons. The summed E-state index contributed by atoms with van der Waals surface area (Å²) in [6, 6.07) is 3.54. The Labute approximate surface area is 155 Å². The molecule has 6 nitrogen and oxygen atoms in total. The summed E-state index contributed by atoms with van der Waals surface area (Å²) in [5.74, 6) is 0.955. The molecular formula is C17H28N4O2S2. The summed E-state index contributed by atoms with van der Waals surface area (Å²) >= 11 is 1.30. The number of hydrogen-bond donors (Lipinski definition) is 1. The molecule has 1 aromatic heterocycles. The average molecular weight is 385 g/mol. The van der Waals surface area contributed by atoms with E-state index in [2.05, 4.69) is 17.1 Å². The molecule has 1 aliphatic carbocycles. The summed E-state index contributed by atoms with van der Waals surface area (Å²) in [4.78, 5) is 8.10. The van der Waals surface area contributed by atoms with Gasteiger partial charge < -0.3 is 10.2 Å². The molecule has 1 saturated carbocycles. The fraction of sp³-hybridized carbons (Fsp3) is 0.706. The Morgan fingerprint density at radius 3 is 2.68 bits per heavy atom. The van der Waals surface area contributed by atoms with Gasteiger partial charge in [-0.3, -0.25) is 0 Å². The molecule has 1 aliphatic heterocycles. The summed E-state index contributed by atoms with van der Waals surface area (Å²) in [6.45, 7) is 5.60. The van der Waals surface area contributed by atoms with Gasteiger partial charge in [-0.1, -0.05) is 6.42 Å². The largest absolute Gasteiger partial charge is 0.357 e. The van der Waals surface area contributed by atoms with Crippen molar-refractivity contribution >= 4 is 27.3 Å². The maximum absolute atomic E-state index is 12.2. The van der Waals surface area contributed by atoms with E-state index in [-0.39, 0.29) is 0 Å². The second kappa shape index (κ2) is 7.25. The van der Waals surface area contributed by atoms with E-state index in [9.17, 15) is 8.42 Å². The van der Waals surface area contributed by atoms with Gasteiger partial charge in [0.15, 0.2) is 5.96 Å². The second-order valence-corrected chi connectivity index (χ2v) is 10.8. The normalized spacial score (nSPS) is 20.3. The summed E-state index contributed by atoms with van der Waals surface area (Å²) in [5, 5.41) is 3.39. The summed E-state index contributed by atoms with van der Waals surface area (Å²) in [6.07, 6.45) is 5.32. The van der Waals surface area contributed by atoms with E-state index in [4.69, 9.17) is 4.99 Å². The topological polar surface area (TPSA) is 65.0 Å². The zero-order chi connectivity index (χ0) is 18.1. The number of likely N-dealkylation sites (tertiary alicyclic amines) is 1. The van der Waals surface area contributed by atoms with E-state index in [0.29, 0.717) is 16.2 Å². The van der Waals surface area contributed by atoms with Crippen molar-refractivity contribution in [3.63, 3.8) is 0 Å². The van der Waals surface area contributed by atoms with Gasteiger partial charge in [0.1, 0.15) is 4.21 Å². The van der Waals surface area contributed by atoms with Crippen LogP contribution in [0, 0.1) is 5.41 Å². The molecular weight excluding hydrogens is 356 g/mol. The molecule has 2 heterocycles. The van der Waals surface area contributed by atoms with Gasteiger partial charge in [-0.2, -0.15) is 0 Å². The van der Waals surface area contributed by atoms with Crippen LogP contribution in [0.15, 0.2) is 21.3 Å². The molecule has 0 amide bonds. The molecule has 1 N–H and O–H groups in total. The maximum atomic E-state index is 12.2. The van der Waals surface area contributed by atoms with Crippen molar-refractivity contribution < 1.29 is 8.42 Å². The molecule has 1 saturated heterocycles. The third-order valence-electron chi connectivity index (χ3n) is 5.24. The monoisotopic (exact) mass is 384 g/mol. The van der Waals surface area contributed by atoms with Gasteiger partial charge >= 0.3 is 0 Å². The van der Waals surface area contributed by atoms with E-state index < -0.39 is 10.0 Å². The average Bonchev–Trinajstić information content (AvgIpc) is 3.18. The molecule has 2 aliphatic rings. The lowest BCUT2D eigenvalue weighted by Crippen LogP contribution is -2.42. The Hall–Kier alpha value is -1.12. The van der Waals surface area contributed by atoms with Crippen molar-refractivity contribution in [1.82, 2.24) is 14.5 Å². The predicted octanol–water partition coefficient (Wildman–Crippen LogP) is 2.34. The van der Waals surface area contributed by atoms with E-state index in [1.54, 1.807) is 20.2 Å². The van der Waals surface area contributed by atoms with E-state index in [0.717, 1.165) is 30.5 Å². The molecule has 25 heavy (non-hydrogen) atoms. The number of hydrogen-bond acceptors (Lipinski definition) is 4. The fourth-order valence-electron chi connectivity index (χ4n) is 3.54. The van der Waals surface area contributed by atoms with Crippen LogP contribution in [0.25, 0.3) is 0 Å². The van der Waals surface area contributed by atoms with Gasteiger partial charge in [0.2, 0.25) is 0 Å². The van der Waals surface area contributed by atoms with E-state index >= 15 is 0 Å². The highest BCUT2D eigenvalue weighted by atomic mass is 32.2. The van der Waals surface area contributed by atoms with Crippen LogP contribution >= 0.6 is 11.3 Å².